The third-order valence-corrected chi connectivity index (χ3v) is 8.45. The number of aryl methyl sites for hydroxylation is 1. The van der Waals surface area contributed by atoms with Crippen molar-refractivity contribution in [2.75, 3.05) is 23.3 Å². The number of carbonyl (C=O) groups is 3. The lowest BCUT2D eigenvalue weighted by Gasteiger charge is -2.29. The summed E-state index contributed by atoms with van der Waals surface area (Å²) in [5.74, 6) is 0.112. The van der Waals surface area contributed by atoms with Crippen LogP contribution in [0, 0.1) is 6.92 Å². The molecule has 1 saturated heterocycles. The summed E-state index contributed by atoms with van der Waals surface area (Å²) in [6.45, 7) is 6.44. The van der Waals surface area contributed by atoms with Gasteiger partial charge in [-0.3, -0.25) is 14.5 Å². The molecular formula is C27H28N6O4S. The molecule has 3 aliphatic rings. The number of nitrogens with one attached hydrogen (secondary N) is 2. The molecule has 10 nitrogen and oxygen atoms in total. The molecular weight excluding hydrogens is 504 g/mol. The van der Waals surface area contributed by atoms with Gasteiger partial charge in [0.15, 0.2) is 0 Å². The fourth-order valence-electron chi connectivity index (χ4n) is 5.44. The lowest BCUT2D eigenvalue weighted by Crippen LogP contribution is -2.39. The van der Waals surface area contributed by atoms with E-state index in [0.717, 1.165) is 18.4 Å². The van der Waals surface area contributed by atoms with Gasteiger partial charge in [0.1, 0.15) is 15.8 Å². The molecule has 4 amide bonds. The zero-order valence-electron chi connectivity index (χ0n) is 21.0. The predicted octanol–water partition coefficient (Wildman–Crippen LogP) is 4.52. The highest BCUT2D eigenvalue weighted by atomic mass is 32.1. The van der Waals surface area contributed by atoms with Crippen molar-refractivity contribution in [2.24, 2.45) is 0 Å². The summed E-state index contributed by atoms with van der Waals surface area (Å²) in [5.41, 5.74) is 2.58. The van der Waals surface area contributed by atoms with E-state index >= 15 is 0 Å². The molecule has 2 aliphatic heterocycles. The van der Waals surface area contributed by atoms with E-state index in [4.69, 9.17) is 4.74 Å². The fourth-order valence-corrected chi connectivity index (χ4v) is 6.46. The summed E-state index contributed by atoms with van der Waals surface area (Å²) in [6.07, 6.45) is 9.84. The van der Waals surface area contributed by atoms with E-state index in [1.165, 1.54) is 30.3 Å². The molecule has 196 valence electrons. The van der Waals surface area contributed by atoms with E-state index in [0.29, 0.717) is 57.5 Å². The summed E-state index contributed by atoms with van der Waals surface area (Å²) in [5, 5.41) is 6.65. The smallest absolute Gasteiger partial charge is 0.331 e. The minimum absolute atomic E-state index is 0.150. The molecule has 0 aromatic carbocycles. The van der Waals surface area contributed by atoms with Crippen molar-refractivity contribution in [3.63, 3.8) is 0 Å². The van der Waals surface area contributed by atoms with Crippen molar-refractivity contribution in [1.29, 1.82) is 0 Å². The van der Waals surface area contributed by atoms with Gasteiger partial charge in [-0.25, -0.2) is 14.8 Å². The van der Waals surface area contributed by atoms with Gasteiger partial charge < -0.3 is 20.3 Å². The van der Waals surface area contributed by atoms with Crippen molar-refractivity contribution in [2.45, 2.75) is 51.2 Å². The molecule has 1 atom stereocenters. The molecule has 2 fully saturated rings. The first-order valence-corrected chi connectivity index (χ1v) is 13.6. The molecule has 0 bridgehead atoms. The number of likely N-dealkylation sites (tertiary alicyclic amines) is 1. The Morgan fingerprint density at radius 2 is 2.05 bits per heavy atom. The van der Waals surface area contributed by atoms with E-state index in [-0.39, 0.29) is 30.0 Å². The number of aromatic nitrogens is 2. The predicted molar refractivity (Wildman–Crippen MR) is 145 cm³/mol. The fraction of sp³-hybridized carbons (Fsp3) is 0.370. The van der Waals surface area contributed by atoms with Crippen molar-refractivity contribution >= 4 is 56.5 Å². The third kappa shape index (κ3) is 4.26. The number of anilines is 3. The Labute approximate surface area is 223 Å². The quantitative estimate of drug-likeness (QED) is 0.451. The van der Waals surface area contributed by atoms with Crippen molar-refractivity contribution < 1.29 is 19.1 Å². The van der Waals surface area contributed by atoms with Gasteiger partial charge in [-0.2, -0.15) is 0 Å². The molecule has 6 rings (SSSR count). The number of pyridine rings is 2. The van der Waals surface area contributed by atoms with Gasteiger partial charge in [-0.05, 0) is 56.7 Å². The SMILES string of the molecule is C=CC(=O)N1CC[C@@H](NC(=O)c2sc3nccc4c3c2NC(=O)N4c2cnc(OC3CCCC3)cc2C)C1. The van der Waals surface area contributed by atoms with E-state index < -0.39 is 0 Å². The van der Waals surface area contributed by atoms with E-state index in [2.05, 4.69) is 27.2 Å². The monoisotopic (exact) mass is 532 g/mol. The minimum atomic E-state index is -0.379. The molecule has 11 heteroatoms. The van der Waals surface area contributed by atoms with Crippen LogP contribution in [-0.2, 0) is 4.79 Å². The number of carbonyl (C=O) groups excluding carboxylic acids is 3. The lowest BCUT2D eigenvalue weighted by molar-refractivity contribution is -0.125. The van der Waals surface area contributed by atoms with E-state index in [9.17, 15) is 14.4 Å². The third-order valence-electron chi connectivity index (χ3n) is 7.35. The standard InChI is InChI=1S/C27H28N6O4S/c1-3-21(34)32-11-9-16(14-32)30-25(35)24-23-22-18(8-10-28-26(22)38-24)33(27(36)31-23)19-13-29-20(12-15(19)2)37-17-6-4-5-7-17/h3,8,10,12-13,16-17H,1,4-7,9,11,14H2,2H3,(H,30,35)(H,31,36)/t16-/m1/s1. The van der Waals surface area contributed by atoms with Gasteiger partial charge in [-0.1, -0.05) is 6.58 Å². The summed E-state index contributed by atoms with van der Waals surface area (Å²) in [4.78, 5) is 51.9. The molecule has 2 N–H and O–H groups in total. The number of nitrogens with zero attached hydrogens (tertiary/aromatic N) is 4. The number of hydrogen-bond acceptors (Lipinski definition) is 7. The molecule has 3 aromatic heterocycles. The first-order valence-electron chi connectivity index (χ1n) is 12.8. The van der Waals surface area contributed by atoms with Crippen LogP contribution in [0.25, 0.3) is 10.2 Å². The van der Waals surface area contributed by atoms with Crippen molar-refractivity contribution in [1.82, 2.24) is 20.2 Å². The second-order valence-corrected chi connectivity index (χ2v) is 10.9. The van der Waals surface area contributed by atoms with Crippen LogP contribution in [0.15, 0.2) is 37.2 Å². The van der Waals surface area contributed by atoms with E-state index in [1.807, 2.05) is 13.0 Å². The Morgan fingerprint density at radius 3 is 2.82 bits per heavy atom. The number of ether oxygens (including phenoxy) is 1. The summed E-state index contributed by atoms with van der Waals surface area (Å²) < 4.78 is 6.04. The van der Waals surface area contributed by atoms with Crippen LogP contribution in [0.3, 0.4) is 0 Å². The number of amides is 4. The number of rotatable bonds is 6. The zero-order chi connectivity index (χ0) is 26.4. The van der Waals surface area contributed by atoms with Crippen LogP contribution in [0.5, 0.6) is 5.88 Å². The Morgan fingerprint density at radius 1 is 1.24 bits per heavy atom. The lowest BCUT2D eigenvalue weighted by atomic mass is 10.1. The summed E-state index contributed by atoms with van der Waals surface area (Å²) in [6, 6.07) is 3.08. The minimum Gasteiger partial charge on any atom is -0.474 e. The van der Waals surface area contributed by atoms with Gasteiger partial charge in [-0.15, -0.1) is 11.3 Å². The van der Waals surface area contributed by atoms with Gasteiger partial charge in [0.25, 0.3) is 5.91 Å². The Hall–Kier alpha value is -3.99. The first-order chi connectivity index (χ1) is 18.4. The van der Waals surface area contributed by atoms with Crippen molar-refractivity contribution in [3.05, 3.63) is 47.6 Å². The number of urea groups is 1. The molecule has 5 heterocycles. The Bertz CT molecular complexity index is 1460. The van der Waals surface area contributed by atoms with Crippen LogP contribution < -0.4 is 20.3 Å². The molecule has 0 radical (unpaired) electrons. The molecule has 0 unspecified atom stereocenters. The number of thiophene rings is 1. The average Bonchev–Trinajstić information content (AvgIpc) is 3.66. The van der Waals surface area contributed by atoms with Gasteiger partial charge in [0.2, 0.25) is 11.8 Å². The largest absolute Gasteiger partial charge is 0.474 e. The molecule has 38 heavy (non-hydrogen) atoms. The summed E-state index contributed by atoms with van der Waals surface area (Å²) >= 11 is 1.23. The molecule has 1 aliphatic carbocycles. The second-order valence-electron chi connectivity index (χ2n) is 9.86. The van der Waals surface area contributed by atoms with Crippen LogP contribution in [-0.4, -0.2) is 57.9 Å². The maximum Gasteiger partial charge on any atom is 0.331 e. The van der Waals surface area contributed by atoms with Gasteiger partial charge in [0, 0.05) is 31.4 Å². The van der Waals surface area contributed by atoms with Gasteiger partial charge >= 0.3 is 6.03 Å². The van der Waals surface area contributed by atoms with Crippen LogP contribution in [0.1, 0.15) is 47.3 Å². The van der Waals surface area contributed by atoms with Gasteiger partial charge in [0.05, 0.1) is 28.6 Å². The van der Waals surface area contributed by atoms with E-state index in [1.54, 1.807) is 28.3 Å². The maximum atomic E-state index is 13.4. The molecule has 3 aromatic rings. The molecule has 0 spiro atoms. The maximum absolute atomic E-state index is 13.4. The normalized spacial score (nSPS) is 19.1. The zero-order valence-corrected chi connectivity index (χ0v) is 21.8. The second kappa shape index (κ2) is 9.71. The Balaban J connectivity index is 1.28. The highest BCUT2D eigenvalue weighted by molar-refractivity contribution is 7.21. The van der Waals surface area contributed by atoms with Crippen molar-refractivity contribution in [3.8, 4) is 5.88 Å². The highest BCUT2D eigenvalue weighted by Crippen LogP contribution is 2.46. The summed E-state index contributed by atoms with van der Waals surface area (Å²) in [7, 11) is 0. The Kier molecular flexibility index (Phi) is 6.22. The van der Waals surface area contributed by atoms with Crippen LogP contribution in [0.2, 0.25) is 0 Å². The topological polar surface area (TPSA) is 117 Å². The number of hydrogen-bond donors (Lipinski definition) is 2. The van der Waals surface area contributed by atoms with Crippen LogP contribution in [0.4, 0.5) is 21.9 Å². The first kappa shape index (κ1) is 24.4. The molecule has 1 saturated carbocycles. The van der Waals surface area contributed by atoms with Crippen LogP contribution >= 0.6 is 11.3 Å². The average molecular weight is 533 g/mol. The highest BCUT2D eigenvalue weighted by Gasteiger charge is 2.35.